The third-order valence-electron chi connectivity index (χ3n) is 6.18. The first-order valence-electron chi connectivity index (χ1n) is 11.9. The van der Waals surface area contributed by atoms with Crippen molar-refractivity contribution in [1.82, 2.24) is 29.8 Å². The van der Waals surface area contributed by atoms with Crippen LogP contribution in [-0.2, 0) is 43.7 Å². The molecule has 1 saturated carbocycles. The predicted molar refractivity (Wildman–Crippen MR) is 120 cm³/mol. The Morgan fingerprint density at radius 2 is 1.74 bits per heavy atom. The lowest BCUT2D eigenvalue weighted by molar-refractivity contribution is -0.166. The van der Waals surface area contributed by atoms with Crippen LogP contribution in [0.15, 0.2) is 6.20 Å². The van der Waals surface area contributed by atoms with Crippen LogP contribution in [0.4, 0.5) is 0 Å². The Labute approximate surface area is 216 Å². The van der Waals surface area contributed by atoms with E-state index in [-0.39, 0.29) is 18.4 Å². The summed E-state index contributed by atoms with van der Waals surface area (Å²) in [5.74, 6) is -3.45. The summed E-state index contributed by atoms with van der Waals surface area (Å²) < 4.78 is 28.7. The number of hydrogen-bond donors (Lipinski definition) is 1. The molecule has 1 N–H and O–H groups in total. The molecule has 2 aromatic heterocycles. The van der Waals surface area contributed by atoms with Gasteiger partial charge in [-0.2, -0.15) is 9.67 Å². The second kappa shape index (κ2) is 10.8. The monoisotopic (exact) mass is 536 g/mol. The summed E-state index contributed by atoms with van der Waals surface area (Å²) in [5.41, 5.74) is -0.792. The number of nitrogens with zero attached hydrogens (tertiary/aromatic N) is 6. The van der Waals surface area contributed by atoms with Crippen LogP contribution in [0.1, 0.15) is 69.0 Å². The normalized spacial score (nSPS) is 24.1. The van der Waals surface area contributed by atoms with Crippen molar-refractivity contribution in [3.8, 4) is 5.95 Å². The van der Waals surface area contributed by atoms with Gasteiger partial charge in [0.05, 0.1) is 13.3 Å². The maximum Gasteiger partial charge on any atom is 0.376 e. The Kier molecular flexibility index (Phi) is 7.73. The third kappa shape index (κ3) is 5.50. The molecule has 2 aromatic rings. The van der Waals surface area contributed by atoms with Crippen molar-refractivity contribution in [2.24, 2.45) is 0 Å². The molecule has 0 aromatic carbocycles. The largest absolute Gasteiger partial charge is 0.463 e. The van der Waals surface area contributed by atoms with Gasteiger partial charge in [-0.05, 0) is 12.8 Å². The molecule has 4 atom stereocenters. The van der Waals surface area contributed by atoms with Crippen LogP contribution in [0.5, 0.6) is 0 Å². The van der Waals surface area contributed by atoms with E-state index in [1.807, 2.05) is 0 Å². The first-order chi connectivity index (χ1) is 18.0. The van der Waals surface area contributed by atoms with Crippen molar-refractivity contribution in [3.05, 3.63) is 17.7 Å². The van der Waals surface area contributed by atoms with E-state index in [2.05, 4.69) is 20.4 Å². The summed E-state index contributed by atoms with van der Waals surface area (Å²) in [7, 11) is 1.13. The van der Waals surface area contributed by atoms with Crippen molar-refractivity contribution in [2.45, 2.75) is 76.6 Å². The van der Waals surface area contributed by atoms with Gasteiger partial charge in [-0.15, -0.1) is 10.2 Å². The molecule has 16 nitrogen and oxygen atoms in total. The number of carbonyl (C=O) groups excluding carboxylic acids is 4. The molecule has 0 spiro atoms. The van der Waals surface area contributed by atoms with E-state index in [0.717, 1.165) is 38.5 Å². The van der Waals surface area contributed by atoms with Crippen LogP contribution in [0.2, 0.25) is 0 Å². The minimum atomic E-state index is -1.35. The average Bonchev–Trinajstić information content (AvgIpc) is 3.63. The van der Waals surface area contributed by atoms with Crippen molar-refractivity contribution in [1.29, 1.82) is 0 Å². The molecule has 16 heteroatoms. The highest BCUT2D eigenvalue weighted by Gasteiger charge is 2.52. The Hall–Kier alpha value is -3.92. The summed E-state index contributed by atoms with van der Waals surface area (Å²) in [4.78, 5) is 52.0. The zero-order chi connectivity index (χ0) is 27.6. The highest BCUT2D eigenvalue weighted by Crippen LogP contribution is 2.38. The van der Waals surface area contributed by atoms with Gasteiger partial charge in [-0.1, -0.05) is 18.1 Å². The third-order valence-corrected chi connectivity index (χ3v) is 6.18. The lowest BCUT2D eigenvalue weighted by Crippen LogP contribution is -2.41. The summed E-state index contributed by atoms with van der Waals surface area (Å²) in [6.07, 6.45) is -0.741. The fraction of sp³-hybridized carbons (Fsp3) is 0.636. The van der Waals surface area contributed by atoms with Crippen molar-refractivity contribution < 1.29 is 48.0 Å². The predicted octanol–water partition coefficient (Wildman–Crippen LogP) is -0.269. The highest BCUT2D eigenvalue weighted by atomic mass is 16.7. The lowest BCUT2D eigenvalue weighted by atomic mass is 9.99. The van der Waals surface area contributed by atoms with Crippen LogP contribution in [0, 0.1) is 0 Å². The molecule has 1 aliphatic heterocycles. The van der Waals surface area contributed by atoms with Crippen LogP contribution in [0.3, 0.4) is 0 Å². The van der Waals surface area contributed by atoms with Crippen LogP contribution in [0.25, 0.3) is 5.95 Å². The molecule has 1 aliphatic carbocycles. The van der Waals surface area contributed by atoms with Gasteiger partial charge in [0.25, 0.3) is 5.95 Å². The topological polar surface area (TPSA) is 196 Å². The van der Waals surface area contributed by atoms with E-state index in [9.17, 15) is 24.3 Å². The number of hydrogen-bond acceptors (Lipinski definition) is 14. The molecule has 1 saturated heterocycles. The average molecular weight is 536 g/mol. The molecule has 0 unspecified atom stereocenters. The van der Waals surface area contributed by atoms with E-state index >= 15 is 0 Å². The van der Waals surface area contributed by atoms with Crippen molar-refractivity contribution >= 4 is 23.9 Å². The highest BCUT2D eigenvalue weighted by molar-refractivity contribution is 5.85. The summed E-state index contributed by atoms with van der Waals surface area (Å²) in [5, 5.41) is 23.2. The Morgan fingerprint density at radius 1 is 1.08 bits per heavy atom. The smallest absolute Gasteiger partial charge is 0.376 e. The molecule has 2 fully saturated rings. The second-order valence-electron chi connectivity index (χ2n) is 8.97. The number of methoxy groups -OCH3 is 1. The molecule has 4 rings (SSSR count). The maximum atomic E-state index is 12.6. The number of ether oxygens (including phenoxy) is 5. The summed E-state index contributed by atoms with van der Waals surface area (Å²) in [6.45, 7) is 3.13. The number of esters is 4. The Balaban J connectivity index is 1.74. The molecule has 0 amide bonds. The Bertz CT molecular complexity index is 1220. The van der Waals surface area contributed by atoms with E-state index in [1.165, 1.54) is 17.8 Å². The Morgan fingerprint density at radius 3 is 2.34 bits per heavy atom. The van der Waals surface area contributed by atoms with Crippen LogP contribution < -0.4 is 0 Å². The number of rotatable bonds is 8. The molecule has 0 radical (unpaired) electrons. The van der Waals surface area contributed by atoms with Crippen molar-refractivity contribution in [2.75, 3.05) is 13.7 Å². The zero-order valence-corrected chi connectivity index (χ0v) is 21.2. The standard InChI is InChI=1S/C22H28N6O10/c1-11(29)35-10-14-16(36-12(2)30)17(37-13(3)31)19(38-14)28-18(20(32)34-4)23-21(25-28)27-9-15(24-26-27)22(33)7-5-6-8-22/h9,14,16-17,19,33H,5-8,10H2,1-4H3/t14-,16-,17-,19-/m1/s1. The second-order valence-corrected chi connectivity index (χ2v) is 8.97. The molecular weight excluding hydrogens is 508 g/mol. The quantitative estimate of drug-likeness (QED) is 0.342. The summed E-state index contributed by atoms with van der Waals surface area (Å²) in [6, 6.07) is 0. The van der Waals surface area contributed by atoms with Crippen molar-refractivity contribution in [3.63, 3.8) is 0 Å². The number of aromatic nitrogens is 6. The van der Waals surface area contributed by atoms with Gasteiger partial charge in [0.15, 0.2) is 18.4 Å². The van der Waals surface area contributed by atoms with E-state index in [1.54, 1.807) is 0 Å². The molecule has 38 heavy (non-hydrogen) atoms. The zero-order valence-electron chi connectivity index (χ0n) is 21.2. The number of aliphatic hydroxyl groups is 1. The fourth-order valence-electron chi connectivity index (χ4n) is 4.50. The van der Waals surface area contributed by atoms with E-state index < -0.39 is 54.0 Å². The minimum Gasteiger partial charge on any atom is -0.463 e. The summed E-state index contributed by atoms with van der Waals surface area (Å²) >= 11 is 0. The van der Waals surface area contributed by atoms with Gasteiger partial charge in [0.2, 0.25) is 5.82 Å². The lowest BCUT2D eigenvalue weighted by Gasteiger charge is -2.23. The van der Waals surface area contributed by atoms with Gasteiger partial charge >= 0.3 is 23.9 Å². The van der Waals surface area contributed by atoms with Gasteiger partial charge in [-0.3, -0.25) is 14.4 Å². The number of carbonyl (C=O) groups is 4. The minimum absolute atomic E-state index is 0.122. The molecular formula is C22H28N6O10. The SMILES string of the molecule is COC(=O)c1nc(-n2cc(C3(O)CCCC3)nn2)nn1[C@@H]1O[C@H](COC(C)=O)[C@@H](OC(C)=O)[C@H]1OC(C)=O. The first kappa shape index (κ1) is 27.1. The molecule has 0 bridgehead atoms. The molecule has 2 aliphatic rings. The maximum absolute atomic E-state index is 12.6. The van der Waals surface area contributed by atoms with Crippen LogP contribution in [-0.4, -0.2) is 90.8 Å². The van der Waals surface area contributed by atoms with Gasteiger partial charge in [-0.25, -0.2) is 9.48 Å². The molecule has 206 valence electrons. The fourth-order valence-corrected chi connectivity index (χ4v) is 4.50. The van der Waals surface area contributed by atoms with Crippen LogP contribution >= 0.6 is 0 Å². The van der Waals surface area contributed by atoms with Gasteiger partial charge in [0, 0.05) is 20.8 Å². The van der Waals surface area contributed by atoms with Gasteiger partial charge in [0.1, 0.15) is 24.0 Å². The van der Waals surface area contributed by atoms with E-state index in [4.69, 9.17) is 23.7 Å². The van der Waals surface area contributed by atoms with E-state index in [0.29, 0.717) is 18.5 Å². The molecule has 3 heterocycles. The first-order valence-corrected chi connectivity index (χ1v) is 11.9. The van der Waals surface area contributed by atoms with Gasteiger partial charge < -0.3 is 28.8 Å².